The smallest absolute Gasteiger partial charge is 0.274 e. The number of nitrogens with one attached hydrogen (secondary N) is 1. The second-order valence-corrected chi connectivity index (χ2v) is 9.24. The molecule has 1 aliphatic rings. The molecule has 34 heavy (non-hydrogen) atoms. The van der Waals surface area contributed by atoms with E-state index in [0.717, 1.165) is 12.8 Å². The van der Waals surface area contributed by atoms with Gasteiger partial charge in [-0.1, -0.05) is 53.0 Å². The van der Waals surface area contributed by atoms with E-state index in [1.54, 1.807) is 6.07 Å². The molecule has 10 heteroatoms. The molecule has 2 aromatic heterocycles. The van der Waals surface area contributed by atoms with Crippen LogP contribution in [0.2, 0.25) is 15.1 Å². The number of carbonyl (C=O) groups is 1. The fraction of sp³-hybridized carbons (Fsp3) is 0.208. The van der Waals surface area contributed by atoms with Crippen molar-refractivity contribution >= 4 is 46.4 Å². The zero-order valence-electron chi connectivity index (χ0n) is 17.6. The number of hydrogen-bond acceptors (Lipinski definition) is 4. The van der Waals surface area contributed by atoms with Gasteiger partial charge in [0.25, 0.3) is 5.91 Å². The van der Waals surface area contributed by atoms with Crippen LogP contribution in [0.4, 0.5) is 4.39 Å². The third kappa shape index (κ3) is 4.69. The molecular formula is C24H18Cl3FN4O2. The molecular weight excluding hydrogens is 502 g/mol. The molecule has 0 radical (unpaired) electrons. The van der Waals surface area contributed by atoms with Crippen molar-refractivity contribution in [3.63, 3.8) is 0 Å². The van der Waals surface area contributed by atoms with Crippen LogP contribution < -0.4 is 10.1 Å². The van der Waals surface area contributed by atoms with E-state index < -0.39 is 12.1 Å². The van der Waals surface area contributed by atoms with Crippen LogP contribution in [0.5, 0.6) is 11.5 Å². The monoisotopic (exact) mass is 518 g/mol. The average Bonchev–Trinajstić information content (AvgIpc) is 3.60. The Hall–Kier alpha value is -2.87. The number of hydrogen-bond donors (Lipinski definition) is 1. The predicted molar refractivity (Wildman–Crippen MR) is 129 cm³/mol. The van der Waals surface area contributed by atoms with Crippen LogP contribution in [-0.2, 0) is 0 Å². The molecule has 1 fully saturated rings. The zero-order chi connectivity index (χ0) is 23.8. The first-order valence-electron chi connectivity index (χ1n) is 10.6. The Labute approximate surface area is 209 Å². The van der Waals surface area contributed by atoms with Crippen molar-refractivity contribution in [3.05, 3.63) is 86.7 Å². The molecule has 1 saturated carbocycles. The molecule has 4 aromatic rings. The molecule has 1 unspecified atom stereocenters. The van der Waals surface area contributed by atoms with Gasteiger partial charge in [0.1, 0.15) is 16.9 Å². The first-order valence-corrected chi connectivity index (χ1v) is 11.7. The second kappa shape index (κ2) is 9.41. The first kappa shape index (κ1) is 22.9. The van der Waals surface area contributed by atoms with E-state index in [9.17, 15) is 9.18 Å². The number of nitrogens with zero attached hydrogens (tertiary/aromatic N) is 3. The normalized spacial score (nSPS) is 14.2. The van der Waals surface area contributed by atoms with Gasteiger partial charge < -0.3 is 10.1 Å². The number of benzene rings is 2. The lowest BCUT2D eigenvalue weighted by Gasteiger charge is -2.15. The Bertz CT molecular complexity index is 1390. The van der Waals surface area contributed by atoms with Crippen molar-refractivity contribution in [1.82, 2.24) is 19.9 Å². The molecule has 2 heterocycles. The lowest BCUT2D eigenvalue weighted by molar-refractivity contribution is 0.0931. The topological polar surface area (TPSA) is 68.5 Å². The lowest BCUT2D eigenvalue weighted by atomic mass is 10.1. The third-order valence-electron chi connectivity index (χ3n) is 5.54. The van der Waals surface area contributed by atoms with E-state index in [1.807, 2.05) is 12.1 Å². The van der Waals surface area contributed by atoms with Crippen LogP contribution in [0.25, 0.3) is 5.65 Å². The van der Waals surface area contributed by atoms with Crippen LogP contribution in [0.15, 0.2) is 54.9 Å². The highest BCUT2D eigenvalue weighted by molar-refractivity contribution is 6.35. The molecule has 0 saturated heterocycles. The van der Waals surface area contributed by atoms with Gasteiger partial charge in [0.05, 0.1) is 18.9 Å². The average molecular weight is 520 g/mol. The number of rotatable bonds is 7. The fourth-order valence-electron chi connectivity index (χ4n) is 3.68. The van der Waals surface area contributed by atoms with Crippen molar-refractivity contribution in [1.29, 1.82) is 0 Å². The summed E-state index contributed by atoms with van der Waals surface area (Å²) in [6, 6.07) is 12.2. The van der Waals surface area contributed by atoms with Crippen molar-refractivity contribution in [2.75, 3.05) is 6.54 Å². The maximum Gasteiger partial charge on any atom is 0.274 e. The van der Waals surface area contributed by atoms with Crippen LogP contribution in [-0.4, -0.2) is 27.0 Å². The van der Waals surface area contributed by atoms with Gasteiger partial charge in [0.15, 0.2) is 17.1 Å². The Morgan fingerprint density at radius 2 is 1.97 bits per heavy atom. The molecule has 174 valence electrons. The summed E-state index contributed by atoms with van der Waals surface area (Å²) in [6.07, 6.45) is 3.54. The Balaban J connectivity index is 1.42. The predicted octanol–water partition coefficient (Wildman–Crippen LogP) is 6.80. The number of aromatic nitrogens is 3. The number of carbonyl (C=O) groups excluding carboxylic acids is 1. The summed E-state index contributed by atoms with van der Waals surface area (Å²) < 4.78 is 22.2. The molecule has 0 bridgehead atoms. The molecule has 6 nitrogen and oxygen atoms in total. The Kier molecular flexibility index (Phi) is 6.34. The van der Waals surface area contributed by atoms with Crippen LogP contribution in [0, 0.1) is 0 Å². The quantitative estimate of drug-likeness (QED) is 0.291. The van der Waals surface area contributed by atoms with Gasteiger partial charge in [-0.15, -0.1) is 0 Å². The van der Waals surface area contributed by atoms with Gasteiger partial charge in [-0.2, -0.15) is 5.10 Å². The van der Waals surface area contributed by atoms with Gasteiger partial charge in [-0.3, -0.25) is 4.79 Å². The molecule has 0 spiro atoms. The summed E-state index contributed by atoms with van der Waals surface area (Å²) in [7, 11) is 0. The summed E-state index contributed by atoms with van der Waals surface area (Å²) in [5, 5.41) is 7.59. The lowest BCUT2D eigenvalue weighted by Crippen LogP contribution is -2.29. The standard InChI is InChI=1S/C24H18Cl3FN4O2/c25-15-6-7-17(18(26)9-15)20(28)11-30-24(33)22-21(12-29-23-19(27)10-31-32(22)23)34-16-3-1-2-14(8-16)13-4-5-13/h1-3,6-10,12-13,20H,4-5,11H2,(H,30,33). The molecule has 1 N–H and O–H groups in total. The van der Waals surface area contributed by atoms with Crippen LogP contribution in [0.1, 0.15) is 46.5 Å². The molecule has 5 rings (SSSR count). The molecule has 1 atom stereocenters. The third-order valence-corrected chi connectivity index (χ3v) is 6.37. The van der Waals surface area contributed by atoms with Gasteiger partial charge in [0, 0.05) is 15.6 Å². The van der Waals surface area contributed by atoms with E-state index in [1.165, 1.54) is 40.7 Å². The maximum atomic E-state index is 14.9. The highest BCUT2D eigenvalue weighted by atomic mass is 35.5. The second-order valence-electron chi connectivity index (χ2n) is 7.99. The minimum absolute atomic E-state index is 0.0446. The SMILES string of the molecule is O=C(NCC(F)c1ccc(Cl)cc1Cl)c1c(Oc2cccc(C3CC3)c2)cnc2c(Cl)cnn12. The number of fused-ring (bicyclic) bond motifs is 1. The Morgan fingerprint density at radius 1 is 1.15 bits per heavy atom. The Morgan fingerprint density at radius 3 is 2.74 bits per heavy atom. The minimum atomic E-state index is -1.55. The molecule has 1 amide bonds. The minimum Gasteiger partial charge on any atom is -0.453 e. The van der Waals surface area contributed by atoms with E-state index >= 15 is 0 Å². The fourth-order valence-corrected chi connectivity index (χ4v) is 4.38. The van der Waals surface area contributed by atoms with Crippen molar-refractivity contribution in [3.8, 4) is 11.5 Å². The summed E-state index contributed by atoms with van der Waals surface area (Å²) in [5.74, 6) is 0.665. The van der Waals surface area contributed by atoms with Gasteiger partial charge in [-0.25, -0.2) is 13.9 Å². The number of alkyl halides is 1. The van der Waals surface area contributed by atoms with Gasteiger partial charge >= 0.3 is 0 Å². The van der Waals surface area contributed by atoms with Crippen molar-refractivity contribution in [2.24, 2.45) is 0 Å². The van der Waals surface area contributed by atoms with Crippen molar-refractivity contribution in [2.45, 2.75) is 24.9 Å². The summed E-state index contributed by atoms with van der Waals surface area (Å²) in [6.45, 7) is -0.324. The first-order chi connectivity index (χ1) is 16.4. The number of amides is 1. The van der Waals surface area contributed by atoms with Crippen LogP contribution >= 0.6 is 34.8 Å². The highest BCUT2D eigenvalue weighted by Gasteiger charge is 2.25. The summed E-state index contributed by atoms with van der Waals surface area (Å²) in [4.78, 5) is 17.5. The molecule has 2 aromatic carbocycles. The largest absolute Gasteiger partial charge is 0.453 e. The highest BCUT2D eigenvalue weighted by Crippen LogP contribution is 2.41. The summed E-state index contributed by atoms with van der Waals surface area (Å²) >= 11 is 18.1. The van der Waals surface area contributed by atoms with Crippen LogP contribution in [0.3, 0.4) is 0 Å². The zero-order valence-corrected chi connectivity index (χ0v) is 19.9. The summed E-state index contributed by atoms with van der Waals surface area (Å²) in [5.41, 5.74) is 1.73. The van der Waals surface area contributed by atoms with E-state index in [0.29, 0.717) is 16.7 Å². The van der Waals surface area contributed by atoms with Gasteiger partial charge in [0.2, 0.25) is 0 Å². The number of ether oxygens (including phenoxy) is 1. The van der Waals surface area contributed by atoms with Crippen molar-refractivity contribution < 1.29 is 13.9 Å². The maximum absolute atomic E-state index is 14.9. The van der Waals surface area contributed by atoms with Gasteiger partial charge in [-0.05, 0) is 48.6 Å². The molecule has 0 aliphatic heterocycles. The molecule has 1 aliphatic carbocycles. The van der Waals surface area contributed by atoms with E-state index in [-0.39, 0.29) is 39.2 Å². The van der Waals surface area contributed by atoms with E-state index in [4.69, 9.17) is 39.5 Å². The van der Waals surface area contributed by atoms with E-state index in [2.05, 4.69) is 21.5 Å². The number of halogens is 4.